The number of hydrogen-bond acceptors (Lipinski definition) is 3. The predicted octanol–water partition coefficient (Wildman–Crippen LogP) is 2.52. The fourth-order valence-electron chi connectivity index (χ4n) is 1.98. The van der Waals surface area contributed by atoms with Crippen molar-refractivity contribution in [2.75, 3.05) is 7.11 Å². The van der Waals surface area contributed by atoms with E-state index in [2.05, 4.69) is 5.10 Å². The zero-order valence-corrected chi connectivity index (χ0v) is 11.5. The Morgan fingerprint density at radius 1 is 1.44 bits per heavy atom. The summed E-state index contributed by atoms with van der Waals surface area (Å²) in [5.74, 6) is 0.670. The van der Waals surface area contributed by atoms with Crippen LogP contribution in [0.3, 0.4) is 0 Å². The first-order valence-corrected chi connectivity index (χ1v) is 6.01. The van der Waals surface area contributed by atoms with E-state index in [0.717, 1.165) is 22.4 Å². The second-order valence-electron chi connectivity index (χ2n) is 4.18. The van der Waals surface area contributed by atoms with Crippen LogP contribution in [0.2, 0.25) is 5.02 Å². The summed E-state index contributed by atoms with van der Waals surface area (Å²) in [6.45, 7) is 2.45. The maximum atomic E-state index is 6.16. The molecular formula is C13H16ClN3O. The van der Waals surface area contributed by atoms with Crippen LogP contribution in [-0.2, 0) is 13.6 Å². The number of benzene rings is 1. The number of aromatic nitrogens is 2. The highest BCUT2D eigenvalue weighted by Gasteiger charge is 2.14. The van der Waals surface area contributed by atoms with Crippen LogP contribution >= 0.6 is 11.6 Å². The van der Waals surface area contributed by atoms with Gasteiger partial charge in [0.15, 0.2) is 0 Å². The summed E-state index contributed by atoms with van der Waals surface area (Å²) >= 11 is 6.16. The van der Waals surface area contributed by atoms with Gasteiger partial charge in [-0.15, -0.1) is 0 Å². The molecule has 4 nitrogen and oxygen atoms in total. The topological polar surface area (TPSA) is 53.1 Å². The lowest BCUT2D eigenvalue weighted by molar-refractivity contribution is 0.415. The minimum atomic E-state index is 0.451. The Morgan fingerprint density at radius 3 is 2.78 bits per heavy atom. The minimum absolute atomic E-state index is 0.451. The standard InChI is InChI=1S/C13H16ClN3O/c1-8-4-12(18-3)11(14)5-10(8)13-9(6-15)7-17(2)16-13/h4-5,7H,6,15H2,1-3H3. The first kappa shape index (κ1) is 12.9. The van der Waals surface area contributed by atoms with E-state index >= 15 is 0 Å². The van der Waals surface area contributed by atoms with Crippen LogP contribution in [0.4, 0.5) is 0 Å². The Kier molecular flexibility index (Phi) is 3.59. The van der Waals surface area contributed by atoms with Crippen molar-refractivity contribution in [3.8, 4) is 17.0 Å². The Balaban J connectivity index is 2.60. The van der Waals surface area contributed by atoms with E-state index < -0.39 is 0 Å². The Morgan fingerprint density at radius 2 is 2.17 bits per heavy atom. The number of hydrogen-bond donors (Lipinski definition) is 1. The van der Waals surface area contributed by atoms with Crippen molar-refractivity contribution < 1.29 is 4.74 Å². The molecule has 0 spiro atoms. The van der Waals surface area contributed by atoms with Gasteiger partial charge in [-0.3, -0.25) is 4.68 Å². The van der Waals surface area contributed by atoms with Gasteiger partial charge in [0.2, 0.25) is 0 Å². The van der Waals surface area contributed by atoms with Crippen molar-refractivity contribution >= 4 is 11.6 Å². The number of ether oxygens (including phenoxy) is 1. The zero-order chi connectivity index (χ0) is 13.3. The van der Waals surface area contributed by atoms with Gasteiger partial charge in [0, 0.05) is 30.9 Å². The van der Waals surface area contributed by atoms with E-state index in [-0.39, 0.29) is 0 Å². The highest BCUT2D eigenvalue weighted by Crippen LogP contribution is 2.34. The molecule has 2 rings (SSSR count). The molecule has 96 valence electrons. The summed E-state index contributed by atoms with van der Waals surface area (Å²) in [4.78, 5) is 0. The SMILES string of the molecule is COc1cc(C)c(-c2nn(C)cc2CN)cc1Cl. The molecule has 0 radical (unpaired) electrons. The van der Waals surface area contributed by atoms with Crippen molar-refractivity contribution in [1.29, 1.82) is 0 Å². The van der Waals surface area contributed by atoms with Gasteiger partial charge in [-0.1, -0.05) is 11.6 Å². The quantitative estimate of drug-likeness (QED) is 0.928. The lowest BCUT2D eigenvalue weighted by Crippen LogP contribution is -1.98. The zero-order valence-electron chi connectivity index (χ0n) is 10.7. The van der Waals surface area contributed by atoms with Crippen molar-refractivity contribution in [3.05, 3.63) is 34.5 Å². The Bertz CT molecular complexity index is 578. The van der Waals surface area contributed by atoms with Crippen molar-refractivity contribution in [2.45, 2.75) is 13.5 Å². The molecule has 0 unspecified atom stereocenters. The average molecular weight is 266 g/mol. The van der Waals surface area contributed by atoms with E-state index in [9.17, 15) is 0 Å². The highest BCUT2D eigenvalue weighted by atomic mass is 35.5. The number of methoxy groups -OCH3 is 1. The number of nitrogens with two attached hydrogens (primary N) is 1. The van der Waals surface area contributed by atoms with Crippen LogP contribution in [0.5, 0.6) is 5.75 Å². The third-order valence-corrected chi connectivity index (χ3v) is 3.17. The van der Waals surface area contributed by atoms with Crippen molar-refractivity contribution in [2.24, 2.45) is 12.8 Å². The molecular weight excluding hydrogens is 250 g/mol. The van der Waals surface area contributed by atoms with Crippen LogP contribution in [0.1, 0.15) is 11.1 Å². The molecule has 0 amide bonds. The molecule has 0 aliphatic heterocycles. The summed E-state index contributed by atoms with van der Waals surface area (Å²) < 4.78 is 6.96. The van der Waals surface area contributed by atoms with Gasteiger partial charge >= 0.3 is 0 Å². The molecule has 2 N–H and O–H groups in total. The van der Waals surface area contributed by atoms with Crippen LogP contribution in [0, 0.1) is 6.92 Å². The van der Waals surface area contributed by atoms with Gasteiger partial charge in [-0.25, -0.2) is 0 Å². The maximum absolute atomic E-state index is 6.16. The molecule has 0 saturated heterocycles. The van der Waals surface area contributed by atoms with E-state index in [0.29, 0.717) is 17.3 Å². The second kappa shape index (κ2) is 5.00. The number of rotatable bonds is 3. The molecule has 1 aromatic heterocycles. The van der Waals surface area contributed by atoms with E-state index in [1.807, 2.05) is 32.3 Å². The average Bonchev–Trinajstić information content (AvgIpc) is 2.72. The molecule has 1 heterocycles. The number of halogens is 1. The Hall–Kier alpha value is -1.52. The summed E-state index contributed by atoms with van der Waals surface area (Å²) in [6.07, 6.45) is 1.92. The van der Waals surface area contributed by atoms with Crippen LogP contribution in [-0.4, -0.2) is 16.9 Å². The minimum Gasteiger partial charge on any atom is -0.495 e. The van der Waals surface area contributed by atoms with Gasteiger partial charge in [0.1, 0.15) is 5.75 Å². The normalized spacial score (nSPS) is 10.7. The third-order valence-electron chi connectivity index (χ3n) is 2.88. The lowest BCUT2D eigenvalue weighted by atomic mass is 10.0. The molecule has 0 bridgehead atoms. The summed E-state index contributed by atoms with van der Waals surface area (Å²) in [5, 5.41) is 5.02. The second-order valence-corrected chi connectivity index (χ2v) is 4.59. The summed E-state index contributed by atoms with van der Waals surface area (Å²) in [7, 11) is 3.48. The molecule has 0 fully saturated rings. The van der Waals surface area contributed by atoms with Crippen LogP contribution in [0.15, 0.2) is 18.3 Å². The van der Waals surface area contributed by atoms with Crippen molar-refractivity contribution in [1.82, 2.24) is 9.78 Å². The van der Waals surface area contributed by atoms with Gasteiger partial charge in [0.25, 0.3) is 0 Å². The summed E-state index contributed by atoms with van der Waals surface area (Å²) in [5.41, 5.74) is 9.66. The van der Waals surface area contributed by atoms with Gasteiger partial charge in [0.05, 0.1) is 17.8 Å². The fraction of sp³-hybridized carbons (Fsp3) is 0.308. The van der Waals surface area contributed by atoms with E-state index in [1.165, 1.54) is 0 Å². The molecule has 0 aliphatic carbocycles. The van der Waals surface area contributed by atoms with Crippen molar-refractivity contribution in [3.63, 3.8) is 0 Å². The van der Waals surface area contributed by atoms with E-state index in [4.69, 9.17) is 22.1 Å². The third kappa shape index (κ3) is 2.21. The van der Waals surface area contributed by atoms with Crippen LogP contribution < -0.4 is 10.5 Å². The lowest BCUT2D eigenvalue weighted by Gasteiger charge is -2.09. The molecule has 18 heavy (non-hydrogen) atoms. The molecule has 5 heteroatoms. The first-order valence-electron chi connectivity index (χ1n) is 5.64. The van der Waals surface area contributed by atoms with Crippen LogP contribution in [0.25, 0.3) is 11.3 Å². The highest BCUT2D eigenvalue weighted by molar-refractivity contribution is 6.32. The van der Waals surface area contributed by atoms with Gasteiger partial charge in [-0.05, 0) is 24.6 Å². The molecule has 0 aliphatic rings. The number of nitrogens with zero attached hydrogens (tertiary/aromatic N) is 2. The fourth-order valence-corrected chi connectivity index (χ4v) is 2.22. The molecule has 1 aromatic carbocycles. The molecule has 2 aromatic rings. The Labute approximate surface area is 111 Å². The first-order chi connectivity index (χ1) is 8.56. The smallest absolute Gasteiger partial charge is 0.137 e. The number of aryl methyl sites for hydroxylation is 2. The molecule has 0 atom stereocenters. The molecule has 0 saturated carbocycles. The predicted molar refractivity (Wildman–Crippen MR) is 72.8 cm³/mol. The monoisotopic (exact) mass is 265 g/mol. The van der Waals surface area contributed by atoms with Gasteiger partial charge < -0.3 is 10.5 Å². The van der Waals surface area contributed by atoms with E-state index in [1.54, 1.807) is 11.8 Å². The maximum Gasteiger partial charge on any atom is 0.137 e. The largest absolute Gasteiger partial charge is 0.495 e. The van der Waals surface area contributed by atoms with Gasteiger partial charge in [-0.2, -0.15) is 5.10 Å². The summed E-state index contributed by atoms with van der Waals surface area (Å²) in [6, 6.07) is 3.78.